The molecule has 0 bridgehead atoms. The maximum atomic E-state index is 12.6. The van der Waals surface area contributed by atoms with Gasteiger partial charge in [-0.1, -0.05) is 32.0 Å². The van der Waals surface area contributed by atoms with Crippen molar-refractivity contribution in [3.8, 4) is 5.75 Å². The number of carbonyl (C=O) groups excluding carboxylic acids is 1. The zero-order chi connectivity index (χ0) is 17.0. The molecule has 5 heteroatoms. The van der Waals surface area contributed by atoms with Crippen molar-refractivity contribution in [3.63, 3.8) is 0 Å². The SMILES string of the molecule is COc1ccccc1C1(C(=O)NCC(CC(C)C)C(=O)O)CC1. The third-order valence-corrected chi connectivity index (χ3v) is 4.42. The molecule has 2 rings (SSSR count). The first-order valence-corrected chi connectivity index (χ1v) is 8.05. The van der Waals surface area contributed by atoms with Crippen LogP contribution in [-0.2, 0) is 15.0 Å². The zero-order valence-corrected chi connectivity index (χ0v) is 14.0. The largest absolute Gasteiger partial charge is 0.496 e. The van der Waals surface area contributed by atoms with Crippen LogP contribution in [0.25, 0.3) is 0 Å². The summed E-state index contributed by atoms with van der Waals surface area (Å²) in [5.41, 5.74) is 0.323. The molecule has 0 heterocycles. The molecule has 0 aromatic heterocycles. The molecule has 1 amide bonds. The number of ether oxygens (including phenoxy) is 1. The van der Waals surface area contributed by atoms with E-state index in [0.717, 1.165) is 18.4 Å². The van der Waals surface area contributed by atoms with Gasteiger partial charge in [0, 0.05) is 12.1 Å². The Bertz CT molecular complexity index is 578. The fourth-order valence-electron chi connectivity index (χ4n) is 3.01. The van der Waals surface area contributed by atoms with E-state index in [0.29, 0.717) is 12.2 Å². The lowest BCUT2D eigenvalue weighted by Crippen LogP contribution is -2.39. The Balaban J connectivity index is 2.07. The van der Waals surface area contributed by atoms with Gasteiger partial charge in [0.25, 0.3) is 0 Å². The molecule has 1 aromatic carbocycles. The molecule has 0 spiro atoms. The molecule has 5 nitrogen and oxygen atoms in total. The van der Waals surface area contributed by atoms with Crippen LogP contribution in [0.3, 0.4) is 0 Å². The van der Waals surface area contributed by atoms with Crippen molar-refractivity contribution < 1.29 is 19.4 Å². The fourth-order valence-corrected chi connectivity index (χ4v) is 3.01. The summed E-state index contributed by atoms with van der Waals surface area (Å²) in [7, 11) is 1.59. The van der Waals surface area contributed by atoms with E-state index >= 15 is 0 Å². The highest BCUT2D eigenvalue weighted by molar-refractivity contribution is 5.92. The quantitative estimate of drug-likeness (QED) is 0.772. The summed E-state index contributed by atoms with van der Waals surface area (Å²) >= 11 is 0. The van der Waals surface area contributed by atoms with E-state index < -0.39 is 17.3 Å². The second-order valence-corrected chi connectivity index (χ2v) is 6.66. The maximum Gasteiger partial charge on any atom is 0.308 e. The highest BCUT2D eigenvalue weighted by Gasteiger charge is 2.52. The van der Waals surface area contributed by atoms with Crippen molar-refractivity contribution in [1.82, 2.24) is 5.32 Å². The number of amides is 1. The Morgan fingerprint density at radius 1 is 1.30 bits per heavy atom. The lowest BCUT2D eigenvalue weighted by atomic mass is 9.93. The van der Waals surface area contributed by atoms with Crippen molar-refractivity contribution in [2.75, 3.05) is 13.7 Å². The first kappa shape index (κ1) is 17.3. The minimum atomic E-state index is -0.860. The van der Waals surface area contributed by atoms with E-state index in [-0.39, 0.29) is 18.4 Å². The van der Waals surface area contributed by atoms with Gasteiger partial charge in [-0.05, 0) is 31.2 Å². The van der Waals surface area contributed by atoms with Gasteiger partial charge in [-0.2, -0.15) is 0 Å². The van der Waals surface area contributed by atoms with Crippen LogP contribution in [-0.4, -0.2) is 30.6 Å². The molecule has 1 saturated carbocycles. The summed E-state index contributed by atoms with van der Waals surface area (Å²) in [6, 6.07) is 7.53. The Morgan fingerprint density at radius 2 is 1.96 bits per heavy atom. The molecule has 1 fully saturated rings. The summed E-state index contributed by atoms with van der Waals surface area (Å²) in [4.78, 5) is 24.0. The third kappa shape index (κ3) is 3.84. The van der Waals surface area contributed by atoms with Crippen LogP contribution in [0.5, 0.6) is 5.75 Å². The summed E-state index contributed by atoms with van der Waals surface area (Å²) in [5, 5.41) is 12.1. The molecule has 1 aliphatic carbocycles. The lowest BCUT2D eigenvalue weighted by molar-refractivity contribution is -0.142. The zero-order valence-electron chi connectivity index (χ0n) is 14.0. The number of hydrogen-bond donors (Lipinski definition) is 2. The normalized spacial score (nSPS) is 16.7. The van der Waals surface area contributed by atoms with Gasteiger partial charge in [-0.15, -0.1) is 0 Å². The molecule has 23 heavy (non-hydrogen) atoms. The van der Waals surface area contributed by atoms with E-state index in [1.54, 1.807) is 7.11 Å². The fraction of sp³-hybridized carbons (Fsp3) is 0.556. The third-order valence-electron chi connectivity index (χ3n) is 4.42. The summed E-state index contributed by atoms with van der Waals surface area (Å²) < 4.78 is 5.36. The number of para-hydroxylation sites is 1. The number of nitrogens with one attached hydrogen (secondary N) is 1. The highest BCUT2D eigenvalue weighted by Crippen LogP contribution is 2.51. The Kier molecular flexibility index (Phi) is 5.29. The smallest absolute Gasteiger partial charge is 0.308 e. The average Bonchev–Trinajstić information content (AvgIpc) is 3.32. The molecule has 1 unspecified atom stereocenters. The lowest BCUT2D eigenvalue weighted by Gasteiger charge is -2.21. The predicted octanol–water partition coefficient (Wildman–Crippen LogP) is 2.59. The Hall–Kier alpha value is -2.04. The summed E-state index contributed by atoms with van der Waals surface area (Å²) in [6.07, 6.45) is 2.08. The standard InChI is InChI=1S/C18H25NO4/c1-12(2)10-13(16(20)21)11-19-17(22)18(8-9-18)14-6-4-5-7-15(14)23-3/h4-7,12-13H,8-11H2,1-3H3,(H,19,22)(H,20,21). The molecule has 0 saturated heterocycles. The number of carboxylic acids is 1. The van der Waals surface area contributed by atoms with Crippen LogP contribution in [0.4, 0.5) is 0 Å². The topological polar surface area (TPSA) is 75.6 Å². The van der Waals surface area contributed by atoms with E-state index in [2.05, 4.69) is 5.32 Å². The monoisotopic (exact) mass is 319 g/mol. The number of benzene rings is 1. The first-order chi connectivity index (χ1) is 10.9. The second kappa shape index (κ2) is 7.02. The van der Waals surface area contributed by atoms with Crippen molar-refractivity contribution in [1.29, 1.82) is 0 Å². The molecule has 0 aliphatic heterocycles. The van der Waals surface area contributed by atoms with Crippen LogP contribution in [0, 0.1) is 11.8 Å². The van der Waals surface area contributed by atoms with E-state index in [4.69, 9.17) is 4.74 Å². The number of methoxy groups -OCH3 is 1. The van der Waals surface area contributed by atoms with Gasteiger partial charge in [0.05, 0.1) is 18.4 Å². The number of aliphatic carboxylic acids is 1. The van der Waals surface area contributed by atoms with Gasteiger partial charge in [-0.25, -0.2) is 0 Å². The predicted molar refractivity (Wildman–Crippen MR) is 87.5 cm³/mol. The van der Waals surface area contributed by atoms with Crippen LogP contribution >= 0.6 is 0 Å². The van der Waals surface area contributed by atoms with Gasteiger partial charge in [0.1, 0.15) is 5.75 Å². The van der Waals surface area contributed by atoms with Gasteiger partial charge >= 0.3 is 5.97 Å². The minimum absolute atomic E-state index is 0.1000. The summed E-state index contributed by atoms with van der Waals surface area (Å²) in [5.74, 6) is -0.528. The molecular weight excluding hydrogens is 294 g/mol. The van der Waals surface area contributed by atoms with Gasteiger partial charge in [-0.3, -0.25) is 9.59 Å². The van der Waals surface area contributed by atoms with E-state index in [1.165, 1.54) is 0 Å². The van der Waals surface area contributed by atoms with Gasteiger partial charge in [0.2, 0.25) is 5.91 Å². The first-order valence-electron chi connectivity index (χ1n) is 8.05. The van der Waals surface area contributed by atoms with Crippen molar-refractivity contribution in [3.05, 3.63) is 29.8 Å². The van der Waals surface area contributed by atoms with Gasteiger partial charge < -0.3 is 15.2 Å². The van der Waals surface area contributed by atoms with Crippen LogP contribution < -0.4 is 10.1 Å². The summed E-state index contributed by atoms with van der Waals surface area (Å²) in [6.45, 7) is 4.13. The van der Waals surface area contributed by atoms with Crippen LogP contribution in [0.15, 0.2) is 24.3 Å². The number of carbonyl (C=O) groups is 2. The number of hydrogen-bond acceptors (Lipinski definition) is 3. The average molecular weight is 319 g/mol. The Morgan fingerprint density at radius 3 is 2.48 bits per heavy atom. The second-order valence-electron chi connectivity index (χ2n) is 6.66. The molecule has 126 valence electrons. The van der Waals surface area contributed by atoms with Crippen LogP contribution in [0.1, 0.15) is 38.7 Å². The molecule has 0 radical (unpaired) electrons. The number of carboxylic acid groups (broad SMARTS) is 1. The highest BCUT2D eigenvalue weighted by atomic mass is 16.5. The molecule has 2 N–H and O–H groups in total. The Labute approximate surface area is 137 Å². The van der Waals surface area contributed by atoms with Crippen LogP contribution in [0.2, 0.25) is 0 Å². The van der Waals surface area contributed by atoms with Crippen molar-refractivity contribution in [2.24, 2.45) is 11.8 Å². The molecule has 1 aliphatic rings. The minimum Gasteiger partial charge on any atom is -0.496 e. The van der Waals surface area contributed by atoms with E-state index in [9.17, 15) is 14.7 Å². The maximum absolute atomic E-state index is 12.6. The van der Waals surface area contributed by atoms with Gasteiger partial charge in [0.15, 0.2) is 0 Å². The molecule has 1 aromatic rings. The molecule has 1 atom stereocenters. The van der Waals surface area contributed by atoms with E-state index in [1.807, 2.05) is 38.1 Å². The van der Waals surface area contributed by atoms with Crippen molar-refractivity contribution >= 4 is 11.9 Å². The number of rotatable bonds is 8. The van der Waals surface area contributed by atoms with Crippen molar-refractivity contribution in [2.45, 2.75) is 38.5 Å². The molecular formula is C18H25NO4.